The summed E-state index contributed by atoms with van der Waals surface area (Å²) in [6.45, 7) is 5.91. The largest absolute Gasteiger partial charge is 0.351 e. The first-order valence-electron chi connectivity index (χ1n) is 10.2. The Hall–Kier alpha value is -3.76. The maximum atomic E-state index is 12.4. The molecular formula is C25H24N4O2S. The molecule has 0 aliphatic rings. The van der Waals surface area contributed by atoms with Crippen molar-refractivity contribution in [2.24, 2.45) is 0 Å². The first-order valence-corrected chi connectivity index (χ1v) is 11.0. The quantitative estimate of drug-likeness (QED) is 0.422. The van der Waals surface area contributed by atoms with Gasteiger partial charge in [0.05, 0.1) is 11.4 Å². The number of carbonyl (C=O) groups is 2. The van der Waals surface area contributed by atoms with Crippen LogP contribution in [0.3, 0.4) is 0 Å². The molecule has 0 aliphatic carbocycles. The number of hydrogen-bond donors (Lipinski definition) is 1. The summed E-state index contributed by atoms with van der Waals surface area (Å²) in [4.78, 5) is 30.8. The number of anilines is 2. The fourth-order valence-electron chi connectivity index (χ4n) is 3.09. The lowest BCUT2D eigenvalue weighted by molar-refractivity contribution is -0.117. The van der Waals surface area contributed by atoms with Crippen LogP contribution in [0.15, 0.2) is 59.5 Å². The topological polar surface area (TPSA) is 86.1 Å². The minimum Gasteiger partial charge on any atom is -0.351 e. The summed E-state index contributed by atoms with van der Waals surface area (Å²) in [7, 11) is 0. The summed E-state index contributed by atoms with van der Waals surface area (Å²) in [5, 5.41) is 14.4. The second-order valence-corrected chi connectivity index (χ2v) is 8.18. The molecule has 1 heterocycles. The highest BCUT2D eigenvalue weighted by Gasteiger charge is 2.19. The standard InChI is InChI=1S/C25H24N4O2S/c1-17-9-10-23(13-18(17)2)29(19(3)30)25-28-22(16-32-25)14-21(15-26)24(31)27-12-11-20-7-5-4-6-8-20/h4-10,13-14,16H,11-12H2,1-3H3,(H,27,31)/b21-14+. The van der Waals surface area contributed by atoms with Crippen LogP contribution in [-0.4, -0.2) is 23.3 Å². The molecule has 0 radical (unpaired) electrons. The van der Waals surface area contributed by atoms with E-state index in [1.165, 1.54) is 29.2 Å². The van der Waals surface area contributed by atoms with Crippen LogP contribution in [0.25, 0.3) is 6.08 Å². The molecule has 6 nitrogen and oxygen atoms in total. The monoisotopic (exact) mass is 444 g/mol. The molecule has 1 N–H and O–H groups in total. The van der Waals surface area contributed by atoms with Crippen LogP contribution >= 0.6 is 11.3 Å². The van der Waals surface area contributed by atoms with Gasteiger partial charge in [0.2, 0.25) is 5.91 Å². The second-order valence-electron chi connectivity index (χ2n) is 7.34. The van der Waals surface area contributed by atoms with E-state index in [0.29, 0.717) is 23.8 Å². The molecule has 0 atom stereocenters. The van der Waals surface area contributed by atoms with Crippen molar-refractivity contribution in [3.8, 4) is 6.07 Å². The molecule has 3 aromatic rings. The third kappa shape index (κ3) is 5.68. The SMILES string of the molecule is CC(=O)N(c1ccc(C)c(C)c1)c1nc(/C=C(\C#N)C(=O)NCCc2ccccc2)cs1. The zero-order valence-corrected chi connectivity index (χ0v) is 19.1. The van der Waals surface area contributed by atoms with Crippen molar-refractivity contribution >= 4 is 40.0 Å². The van der Waals surface area contributed by atoms with Gasteiger partial charge in [-0.2, -0.15) is 5.26 Å². The van der Waals surface area contributed by atoms with E-state index in [1.54, 1.807) is 5.38 Å². The third-order valence-corrected chi connectivity index (χ3v) is 5.81. The summed E-state index contributed by atoms with van der Waals surface area (Å²) in [6.07, 6.45) is 2.12. The van der Waals surface area contributed by atoms with Crippen LogP contribution in [0.5, 0.6) is 0 Å². The van der Waals surface area contributed by atoms with E-state index < -0.39 is 5.91 Å². The Labute approximate surface area is 191 Å². The average molecular weight is 445 g/mol. The third-order valence-electron chi connectivity index (χ3n) is 4.96. The Morgan fingerprint density at radius 3 is 2.56 bits per heavy atom. The van der Waals surface area contributed by atoms with Gasteiger partial charge >= 0.3 is 0 Å². The Balaban J connectivity index is 1.74. The molecule has 3 rings (SSSR count). The second kappa shape index (κ2) is 10.5. The molecule has 0 spiro atoms. The van der Waals surface area contributed by atoms with Crippen molar-refractivity contribution in [2.75, 3.05) is 11.4 Å². The highest BCUT2D eigenvalue weighted by molar-refractivity contribution is 7.14. The van der Waals surface area contributed by atoms with E-state index in [9.17, 15) is 14.9 Å². The molecule has 0 saturated heterocycles. The van der Waals surface area contributed by atoms with Crippen molar-refractivity contribution < 1.29 is 9.59 Å². The summed E-state index contributed by atoms with van der Waals surface area (Å²) in [6, 6.07) is 17.5. The lowest BCUT2D eigenvalue weighted by Crippen LogP contribution is -2.26. The van der Waals surface area contributed by atoms with E-state index >= 15 is 0 Å². The lowest BCUT2D eigenvalue weighted by Gasteiger charge is -2.19. The predicted molar refractivity (Wildman–Crippen MR) is 128 cm³/mol. The number of aryl methyl sites for hydroxylation is 2. The number of rotatable bonds is 7. The number of carbonyl (C=O) groups excluding carboxylic acids is 2. The fourth-order valence-corrected chi connectivity index (χ4v) is 3.94. The molecular weight excluding hydrogens is 420 g/mol. The summed E-state index contributed by atoms with van der Waals surface area (Å²) in [5.41, 5.74) is 4.46. The maximum Gasteiger partial charge on any atom is 0.262 e. The number of aromatic nitrogens is 1. The van der Waals surface area contributed by atoms with Gasteiger partial charge in [0.25, 0.3) is 5.91 Å². The Bertz CT molecular complexity index is 1190. The minimum atomic E-state index is -0.449. The van der Waals surface area contributed by atoms with E-state index in [1.807, 2.05) is 68.4 Å². The number of thiazole rings is 1. The predicted octanol–water partition coefficient (Wildman–Crippen LogP) is 4.71. The molecule has 162 valence electrons. The van der Waals surface area contributed by atoms with Crippen molar-refractivity contribution in [1.82, 2.24) is 10.3 Å². The average Bonchev–Trinajstić information content (AvgIpc) is 3.23. The van der Waals surface area contributed by atoms with Crippen LogP contribution < -0.4 is 10.2 Å². The van der Waals surface area contributed by atoms with Gasteiger partial charge in [-0.25, -0.2) is 4.98 Å². The zero-order chi connectivity index (χ0) is 23.1. The molecule has 0 unspecified atom stereocenters. The van der Waals surface area contributed by atoms with Crippen LogP contribution in [-0.2, 0) is 16.0 Å². The van der Waals surface area contributed by atoms with E-state index in [0.717, 1.165) is 22.4 Å². The smallest absolute Gasteiger partial charge is 0.262 e. The van der Waals surface area contributed by atoms with Crippen LogP contribution in [0.1, 0.15) is 29.3 Å². The lowest BCUT2D eigenvalue weighted by atomic mass is 10.1. The van der Waals surface area contributed by atoms with Gasteiger partial charge in [0, 0.05) is 18.8 Å². The van der Waals surface area contributed by atoms with Gasteiger partial charge in [0.1, 0.15) is 11.6 Å². The zero-order valence-electron chi connectivity index (χ0n) is 18.3. The Kier molecular flexibility index (Phi) is 7.53. The molecule has 1 aromatic heterocycles. The Morgan fingerprint density at radius 2 is 1.91 bits per heavy atom. The van der Waals surface area contributed by atoms with Crippen LogP contribution in [0, 0.1) is 25.2 Å². The molecule has 2 amide bonds. The fraction of sp³-hybridized carbons (Fsp3) is 0.200. The summed E-state index contributed by atoms with van der Waals surface area (Å²) >= 11 is 1.28. The maximum absolute atomic E-state index is 12.4. The number of amides is 2. The van der Waals surface area contributed by atoms with Crippen molar-refractivity contribution in [3.63, 3.8) is 0 Å². The van der Waals surface area contributed by atoms with Gasteiger partial charge < -0.3 is 5.32 Å². The molecule has 2 aromatic carbocycles. The molecule has 0 bridgehead atoms. The molecule has 0 fully saturated rings. The highest BCUT2D eigenvalue weighted by Crippen LogP contribution is 2.30. The summed E-state index contributed by atoms with van der Waals surface area (Å²) in [5.74, 6) is -0.618. The highest BCUT2D eigenvalue weighted by atomic mass is 32.1. The minimum absolute atomic E-state index is 0.0320. The van der Waals surface area contributed by atoms with E-state index in [2.05, 4.69) is 10.3 Å². The van der Waals surface area contributed by atoms with Crippen molar-refractivity contribution in [3.05, 3.63) is 81.9 Å². The Morgan fingerprint density at radius 1 is 1.16 bits per heavy atom. The van der Waals surface area contributed by atoms with E-state index in [4.69, 9.17) is 0 Å². The normalized spacial score (nSPS) is 11.0. The van der Waals surface area contributed by atoms with Crippen molar-refractivity contribution in [1.29, 1.82) is 5.26 Å². The number of nitrogens with one attached hydrogen (secondary N) is 1. The molecule has 7 heteroatoms. The number of benzene rings is 2. The van der Waals surface area contributed by atoms with E-state index in [-0.39, 0.29) is 11.5 Å². The van der Waals surface area contributed by atoms with Crippen LogP contribution in [0.2, 0.25) is 0 Å². The van der Waals surface area contributed by atoms with Gasteiger partial charge in [0.15, 0.2) is 5.13 Å². The van der Waals surface area contributed by atoms with Gasteiger partial charge in [-0.1, -0.05) is 36.4 Å². The van der Waals surface area contributed by atoms with Crippen molar-refractivity contribution in [2.45, 2.75) is 27.2 Å². The first kappa shape index (κ1) is 22.9. The number of nitrogens with zero attached hydrogens (tertiary/aromatic N) is 3. The van der Waals surface area contributed by atoms with Crippen LogP contribution in [0.4, 0.5) is 10.8 Å². The first-order chi connectivity index (χ1) is 15.4. The van der Waals surface area contributed by atoms with Gasteiger partial charge in [-0.3, -0.25) is 14.5 Å². The molecule has 0 aliphatic heterocycles. The molecule has 0 saturated carbocycles. The van der Waals surface area contributed by atoms with Gasteiger partial charge in [-0.15, -0.1) is 11.3 Å². The number of hydrogen-bond acceptors (Lipinski definition) is 5. The summed E-state index contributed by atoms with van der Waals surface area (Å²) < 4.78 is 0. The number of nitriles is 1. The van der Waals surface area contributed by atoms with Gasteiger partial charge in [-0.05, 0) is 55.2 Å². The molecule has 32 heavy (non-hydrogen) atoms.